The lowest BCUT2D eigenvalue weighted by Crippen LogP contribution is -2.45. The Morgan fingerprint density at radius 3 is 2.08 bits per heavy atom. The first-order chi connectivity index (χ1) is 6.29. The fraction of sp³-hybridized carbons (Fsp3) is 0.455. The second-order valence-electron chi connectivity index (χ2n) is 3.31. The maximum Gasteiger partial charge on any atom is 0.254 e. The molecule has 0 saturated heterocycles. The third-order valence-corrected chi connectivity index (χ3v) is 2.64. The molecule has 0 aromatic heterocycles. The number of hydrogen-bond acceptors (Lipinski definition) is 1. The highest BCUT2D eigenvalue weighted by atomic mass is 15.0. The normalized spacial score (nSPS) is 10.5. The topological polar surface area (TPSA) is 3.24 Å². The summed E-state index contributed by atoms with van der Waals surface area (Å²) in [5.74, 6) is 0. The fourth-order valence-corrected chi connectivity index (χ4v) is 1.71. The Morgan fingerprint density at radius 2 is 1.62 bits per heavy atom. The molecule has 0 aliphatic carbocycles. The molecule has 0 radical (unpaired) electrons. The molecule has 0 atom stereocenters. The molecule has 0 spiro atoms. The summed E-state index contributed by atoms with van der Waals surface area (Å²) in [6.45, 7) is 9.46. The number of nitrogens with zero attached hydrogens (tertiary/aromatic N) is 1. The lowest BCUT2D eigenvalue weighted by molar-refractivity contribution is 0.487. The lowest BCUT2D eigenvalue weighted by atomic mass is 9.56. The van der Waals surface area contributed by atoms with Crippen LogP contribution in [0.15, 0.2) is 30.3 Å². The van der Waals surface area contributed by atoms with E-state index in [1.165, 1.54) is 5.46 Å². The van der Waals surface area contributed by atoms with Gasteiger partial charge in [-0.2, -0.15) is 0 Å². The summed E-state index contributed by atoms with van der Waals surface area (Å²) in [5, 5.41) is 0. The van der Waals surface area contributed by atoms with Crippen molar-refractivity contribution in [3.63, 3.8) is 0 Å². The second-order valence-corrected chi connectivity index (χ2v) is 3.31. The van der Waals surface area contributed by atoms with Crippen LogP contribution in [0.25, 0.3) is 0 Å². The van der Waals surface area contributed by atoms with Gasteiger partial charge >= 0.3 is 0 Å². The summed E-state index contributed by atoms with van der Waals surface area (Å²) in [4.78, 5) is 2.45. The summed E-state index contributed by atoms with van der Waals surface area (Å²) in [7, 11) is 0. The van der Waals surface area contributed by atoms with Crippen molar-refractivity contribution in [3.8, 4) is 0 Å². The summed E-state index contributed by atoms with van der Waals surface area (Å²) in [6, 6.07) is 10.7. The van der Waals surface area contributed by atoms with Crippen molar-refractivity contribution < 1.29 is 0 Å². The van der Waals surface area contributed by atoms with Gasteiger partial charge in [0.1, 0.15) is 0 Å². The average molecular weight is 175 g/mol. The van der Waals surface area contributed by atoms with E-state index in [2.05, 4.69) is 55.8 Å². The van der Waals surface area contributed by atoms with Crippen molar-refractivity contribution in [2.45, 2.75) is 20.7 Å². The molecule has 1 aromatic carbocycles. The van der Waals surface area contributed by atoms with Crippen LogP contribution in [0.5, 0.6) is 0 Å². The fourth-order valence-electron chi connectivity index (χ4n) is 1.71. The van der Waals surface area contributed by atoms with E-state index in [0.717, 1.165) is 13.1 Å². The smallest absolute Gasteiger partial charge is 0.254 e. The highest BCUT2D eigenvalue weighted by Gasteiger charge is 2.15. The van der Waals surface area contributed by atoms with Crippen molar-refractivity contribution in [1.29, 1.82) is 0 Å². The van der Waals surface area contributed by atoms with Gasteiger partial charge in [0.05, 0.1) is 0 Å². The molecule has 13 heavy (non-hydrogen) atoms. The van der Waals surface area contributed by atoms with Gasteiger partial charge in [0.25, 0.3) is 6.85 Å². The molecule has 0 aliphatic heterocycles. The number of rotatable bonds is 4. The first kappa shape index (κ1) is 10.3. The van der Waals surface area contributed by atoms with Crippen LogP contribution in [0.1, 0.15) is 13.8 Å². The highest BCUT2D eigenvalue weighted by Crippen LogP contribution is 1.95. The lowest BCUT2D eigenvalue weighted by Gasteiger charge is -2.23. The maximum atomic E-state index is 2.45. The van der Waals surface area contributed by atoms with E-state index in [1.807, 2.05) is 0 Å². The van der Waals surface area contributed by atoms with Gasteiger partial charge in [0, 0.05) is 0 Å². The van der Waals surface area contributed by atoms with Crippen LogP contribution in [0.2, 0.25) is 6.82 Å². The molecule has 0 heterocycles. The van der Waals surface area contributed by atoms with Crippen molar-refractivity contribution in [2.75, 3.05) is 13.1 Å². The van der Waals surface area contributed by atoms with E-state index < -0.39 is 0 Å². The quantitative estimate of drug-likeness (QED) is 0.631. The standard InChI is InChI=1S/C11H18BN/c1-4-13(5-2)12(3)11-9-7-6-8-10-11/h6-10H,4-5H2,1-3H3. The minimum absolute atomic E-state index is 0.538. The Balaban J connectivity index is 2.72. The third kappa shape index (κ3) is 2.59. The molecule has 0 unspecified atom stereocenters. The molecule has 1 nitrogen and oxygen atoms in total. The van der Waals surface area contributed by atoms with Crippen LogP contribution >= 0.6 is 0 Å². The van der Waals surface area contributed by atoms with Crippen molar-refractivity contribution in [1.82, 2.24) is 4.81 Å². The predicted octanol–water partition coefficient (Wildman–Crippen LogP) is 1.86. The van der Waals surface area contributed by atoms with Crippen LogP contribution in [0.4, 0.5) is 0 Å². The maximum absolute atomic E-state index is 2.45. The summed E-state index contributed by atoms with van der Waals surface area (Å²) < 4.78 is 0. The van der Waals surface area contributed by atoms with Gasteiger partial charge in [-0.3, -0.25) is 0 Å². The van der Waals surface area contributed by atoms with Crippen LogP contribution in [-0.2, 0) is 0 Å². The number of hydrogen-bond donors (Lipinski definition) is 0. The van der Waals surface area contributed by atoms with Crippen LogP contribution in [0, 0.1) is 0 Å². The molecule has 0 aliphatic rings. The first-order valence-electron chi connectivity index (χ1n) is 5.08. The molecule has 0 N–H and O–H groups in total. The van der Waals surface area contributed by atoms with Crippen LogP contribution in [0.3, 0.4) is 0 Å². The van der Waals surface area contributed by atoms with E-state index in [4.69, 9.17) is 0 Å². The van der Waals surface area contributed by atoms with Crippen LogP contribution < -0.4 is 5.46 Å². The third-order valence-electron chi connectivity index (χ3n) is 2.64. The molecule has 0 fully saturated rings. The summed E-state index contributed by atoms with van der Waals surface area (Å²) in [6.07, 6.45) is 0. The van der Waals surface area contributed by atoms with E-state index >= 15 is 0 Å². The van der Waals surface area contributed by atoms with Gasteiger partial charge < -0.3 is 4.81 Å². The minimum atomic E-state index is 0.538. The SMILES string of the molecule is CCN(CC)B(C)c1ccccc1. The van der Waals surface area contributed by atoms with Gasteiger partial charge in [-0.15, -0.1) is 0 Å². The Bertz CT molecular complexity index is 231. The Hall–Kier alpha value is -0.755. The molecule has 2 heteroatoms. The van der Waals surface area contributed by atoms with Crippen molar-refractivity contribution in [3.05, 3.63) is 30.3 Å². The molecule has 70 valence electrons. The second kappa shape index (κ2) is 5.08. The van der Waals surface area contributed by atoms with E-state index in [1.54, 1.807) is 0 Å². The molecule has 1 aromatic rings. The highest BCUT2D eigenvalue weighted by molar-refractivity contribution is 6.69. The van der Waals surface area contributed by atoms with Gasteiger partial charge in [0.15, 0.2) is 0 Å². The molecule has 0 saturated carbocycles. The predicted molar refractivity (Wildman–Crippen MR) is 60.6 cm³/mol. The molecule has 1 rings (SSSR count). The first-order valence-corrected chi connectivity index (χ1v) is 5.08. The monoisotopic (exact) mass is 175 g/mol. The molecular formula is C11H18BN. The van der Waals surface area contributed by atoms with Gasteiger partial charge in [-0.05, 0) is 13.1 Å². The zero-order valence-electron chi connectivity index (χ0n) is 8.83. The minimum Gasteiger partial charge on any atom is -0.339 e. The summed E-state index contributed by atoms with van der Waals surface area (Å²) >= 11 is 0. The molecular weight excluding hydrogens is 157 g/mol. The molecule has 0 amide bonds. The Labute approximate surface area is 81.9 Å². The largest absolute Gasteiger partial charge is 0.339 e. The van der Waals surface area contributed by atoms with E-state index in [0.29, 0.717) is 6.85 Å². The van der Waals surface area contributed by atoms with Crippen molar-refractivity contribution >= 4 is 12.3 Å². The van der Waals surface area contributed by atoms with E-state index in [9.17, 15) is 0 Å². The Morgan fingerprint density at radius 1 is 1.08 bits per heavy atom. The average Bonchev–Trinajstić information content (AvgIpc) is 2.21. The van der Waals surface area contributed by atoms with E-state index in [-0.39, 0.29) is 0 Å². The Kier molecular flexibility index (Phi) is 4.03. The molecule has 0 bridgehead atoms. The van der Waals surface area contributed by atoms with Crippen molar-refractivity contribution in [2.24, 2.45) is 0 Å². The summed E-state index contributed by atoms with van der Waals surface area (Å²) in [5.41, 5.74) is 1.41. The van der Waals surface area contributed by atoms with Gasteiger partial charge in [-0.1, -0.05) is 56.5 Å². The van der Waals surface area contributed by atoms with Gasteiger partial charge in [0.2, 0.25) is 0 Å². The number of benzene rings is 1. The zero-order valence-corrected chi connectivity index (χ0v) is 8.83. The zero-order chi connectivity index (χ0) is 9.68. The van der Waals surface area contributed by atoms with Crippen LogP contribution in [-0.4, -0.2) is 24.7 Å². The van der Waals surface area contributed by atoms with Gasteiger partial charge in [-0.25, -0.2) is 0 Å².